The molecule has 0 radical (unpaired) electrons. The number of rotatable bonds is 8. The van der Waals surface area contributed by atoms with Gasteiger partial charge in [0.05, 0.1) is 6.21 Å². The molecule has 0 amide bonds. The largest absolute Gasteiger partial charge is 0.387 e. The van der Waals surface area contributed by atoms with Crippen molar-refractivity contribution in [1.29, 1.82) is 0 Å². The Morgan fingerprint density at radius 2 is 1.82 bits per heavy atom. The minimum Gasteiger partial charge on any atom is -0.387 e. The molecular formula is C23H23FN2O2. The summed E-state index contributed by atoms with van der Waals surface area (Å²) >= 11 is 0. The van der Waals surface area contributed by atoms with E-state index in [9.17, 15) is 9.18 Å². The van der Waals surface area contributed by atoms with Crippen molar-refractivity contribution >= 4 is 12.0 Å². The molecule has 0 saturated heterocycles. The number of Topliss-reactive ketones (excluding diaryl/α,β-unsaturated/α-hetero) is 1. The molecule has 2 aromatic carbocycles. The summed E-state index contributed by atoms with van der Waals surface area (Å²) in [5, 5.41) is 3.87. The Hall–Kier alpha value is -3.21. The number of hydrogen-bond acceptors (Lipinski definition) is 3. The number of aryl methyl sites for hydroxylation is 2. The van der Waals surface area contributed by atoms with E-state index in [1.54, 1.807) is 18.3 Å². The molecule has 0 unspecified atom stereocenters. The van der Waals surface area contributed by atoms with Crippen molar-refractivity contribution in [2.45, 2.75) is 26.8 Å². The first-order chi connectivity index (χ1) is 13.5. The lowest BCUT2D eigenvalue weighted by Gasteiger charge is -2.10. The fourth-order valence-electron chi connectivity index (χ4n) is 3.13. The number of hydrogen-bond donors (Lipinski definition) is 0. The lowest BCUT2D eigenvalue weighted by atomic mass is 10.1. The number of benzene rings is 2. The van der Waals surface area contributed by atoms with E-state index in [4.69, 9.17) is 4.84 Å². The van der Waals surface area contributed by atoms with Gasteiger partial charge >= 0.3 is 0 Å². The molecule has 5 heteroatoms. The van der Waals surface area contributed by atoms with Crippen LogP contribution >= 0.6 is 0 Å². The van der Waals surface area contributed by atoms with Crippen molar-refractivity contribution in [2.75, 3.05) is 6.61 Å². The predicted octanol–water partition coefficient (Wildman–Crippen LogP) is 4.72. The standard InChI is InChI=1S/C23H23FN2O2/c1-17-14-22(23(27)16-28-25-15-20-6-4-3-5-7-20)18(2)26(17)13-12-19-8-10-21(24)11-9-19/h3-11,14-15H,12-13,16H2,1-2H3/b25-15-. The molecule has 0 spiro atoms. The smallest absolute Gasteiger partial charge is 0.204 e. The Bertz CT molecular complexity index is 960. The van der Waals surface area contributed by atoms with Crippen LogP contribution < -0.4 is 0 Å². The molecule has 144 valence electrons. The number of nitrogens with zero attached hydrogens (tertiary/aromatic N) is 2. The molecule has 3 aromatic rings. The molecule has 0 bridgehead atoms. The number of oxime groups is 1. The summed E-state index contributed by atoms with van der Waals surface area (Å²) in [6.45, 7) is 4.52. The summed E-state index contributed by atoms with van der Waals surface area (Å²) in [5.41, 5.74) is 4.52. The Morgan fingerprint density at radius 1 is 1.11 bits per heavy atom. The van der Waals surface area contributed by atoms with Crippen LogP contribution in [0.2, 0.25) is 0 Å². The molecule has 0 aliphatic heterocycles. The van der Waals surface area contributed by atoms with Crippen LogP contribution in [0, 0.1) is 19.7 Å². The Labute approximate surface area is 164 Å². The van der Waals surface area contributed by atoms with Crippen LogP contribution in [0.25, 0.3) is 0 Å². The number of halogens is 1. The molecule has 1 heterocycles. The average Bonchev–Trinajstić information content (AvgIpc) is 2.99. The van der Waals surface area contributed by atoms with E-state index in [0.717, 1.165) is 35.5 Å². The summed E-state index contributed by atoms with van der Waals surface area (Å²) in [5.74, 6) is -0.341. The summed E-state index contributed by atoms with van der Waals surface area (Å²) in [4.78, 5) is 17.7. The molecule has 0 aliphatic carbocycles. The van der Waals surface area contributed by atoms with Crippen LogP contribution in [0.1, 0.15) is 32.9 Å². The van der Waals surface area contributed by atoms with Gasteiger partial charge in [-0.15, -0.1) is 0 Å². The first-order valence-electron chi connectivity index (χ1n) is 9.19. The first-order valence-corrected chi connectivity index (χ1v) is 9.19. The van der Waals surface area contributed by atoms with Crippen molar-refractivity contribution in [1.82, 2.24) is 4.57 Å². The third-order valence-corrected chi connectivity index (χ3v) is 4.68. The summed E-state index contributed by atoms with van der Waals surface area (Å²) < 4.78 is 15.1. The zero-order chi connectivity index (χ0) is 19.9. The van der Waals surface area contributed by atoms with Crippen LogP contribution in [-0.2, 0) is 17.8 Å². The van der Waals surface area contributed by atoms with Gasteiger partial charge in [-0.2, -0.15) is 0 Å². The number of carbonyl (C=O) groups excluding carboxylic acids is 1. The van der Waals surface area contributed by atoms with Gasteiger partial charge in [0.1, 0.15) is 5.82 Å². The Balaban J connectivity index is 1.59. The zero-order valence-corrected chi connectivity index (χ0v) is 16.1. The third-order valence-electron chi connectivity index (χ3n) is 4.68. The summed E-state index contributed by atoms with van der Waals surface area (Å²) in [6, 6.07) is 17.9. The van der Waals surface area contributed by atoms with E-state index in [-0.39, 0.29) is 18.2 Å². The number of ketones is 1. The second-order valence-electron chi connectivity index (χ2n) is 6.65. The lowest BCUT2D eigenvalue weighted by Crippen LogP contribution is -2.10. The van der Waals surface area contributed by atoms with Gasteiger partial charge in [0.25, 0.3) is 0 Å². The normalized spacial score (nSPS) is 11.1. The number of aromatic nitrogens is 1. The van der Waals surface area contributed by atoms with Gasteiger partial charge in [-0.25, -0.2) is 4.39 Å². The predicted molar refractivity (Wildman–Crippen MR) is 108 cm³/mol. The molecule has 0 N–H and O–H groups in total. The van der Waals surface area contributed by atoms with Crippen molar-refractivity contribution in [2.24, 2.45) is 5.16 Å². The highest BCUT2D eigenvalue weighted by Gasteiger charge is 2.16. The van der Waals surface area contributed by atoms with Gasteiger partial charge in [-0.05, 0) is 49.6 Å². The molecule has 0 fully saturated rings. The van der Waals surface area contributed by atoms with Crippen molar-refractivity contribution < 1.29 is 14.0 Å². The first kappa shape index (κ1) is 19.5. The quantitative estimate of drug-likeness (QED) is 0.323. The van der Waals surface area contributed by atoms with E-state index in [1.807, 2.05) is 50.2 Å². The summed E-state index contributed by atoms with van der Waals surface area (Å²) in [7, 11) is 0. The topological polar surface area (TPSA) is 43.6 Å². The molecule has 0 aliphatic rings. The Kier molecular flexibility index (Phi) is 6.37. The minimum atomic E-state index is -0.236. The fraction of sp³-hybridized carbons (Fsp3) is 0.217. The minimum absolute atomic E-state index is 0.105. The van der Waals surface area contributed by atoms with Crippen molar-refractivity contribution in [3.05, 3.63) is 94.6 Å². The van der Waals surface area contributed by atoms with Crippen molar-refractivity contribution in [3.8, 4) is 0 Å². The van der Waals surface area contributed by atoms with E-state index in [2.05, 4.69) is 9.72 Å². The van der Waals surface area contributed by atoms with Crippen LogP contribution in [0.4, 0.5) is 4.39 Å². The maximum atomic E-state index is 13.0. The maximum absolute atomic E-state index is 13.0. The molecule has 3 rings (SSSR count). The SMILES string of the molecule is Cc1cc(C(=O)CO/N=C\c2ccccc2)c(C)n1CCc1ccc(F)cc1. The molecule has 0 saturated carbocycles. The summed E-state index contributed by atoms with van der Waals surface area (Å²) in [6.07, 6.45) is 2.35. The van der Waals surface area contributed by atoms with E-state index in [1.165, 1.54) is 12.1 Å². The monoisotopic (exact) mass is 378 g/mol. The van der Waals surface area contributed by atoms with E-state index in [0.29, 0.717) is 5.56 Å². The molecule has 0 atom stereocenters. The van der Waals surface area contributed by atoms with Crippen LogP contribution in [0.3, 0.4) is 0 Å². The maximum Gasteiger partial charge on any atom is 0.204 e. The molecule has 28 heavy (non-hydrogen) atoms. The van der Waals surface area contributed by atoms with Gasteiger partial charge in [0.15, 0.2) is 6.61 Å². The van der Waals surface area contributed by atoms with E-state index >= 15 is 0 Å². The highest BCUT2D eigenvalue weighted by Crippen LogP contribution is 2.17. The highest BCUT2D eigenvalue weighted by atomic mass is 19.1. The van der Waals surface area contributed by atoms with Gasteiger partial charge in [-0.1, -0.05) is 47.6 Å². The van der Waals surface area contributed by atoms with Crippen LogP contribution in [0.15, 0.2) is 65.8 Å². The molecular weight excluding hydrogens is 355 g/mol. The fourth-order valence-corrected chi connectivity index (χ4v) is 3.13. The third kappa shape index (κ3) is 4.94. The van der Waals surface area contributed by atoms with Gasteiger partial charge in [-0.3, -0.25) is 4.79 Å². The second kappa shape index (κ2) is 9.13. The van der Waals surface area contributed by atoms with E-state index < -0.39 is 0 Å². The average molecular weight is 378 g/mol. The Morgan fingerprint density at radius 3 is 2.54 bits per heavy atom. The van der Waals surface area contributed by atoms with Crippen LogP contribution in [-0.4, -0.2) is 23.2 Å². The van der Waals surface area contributed by atoms with Crippen LogP contribution in [0.5, 0.6) is 0 Å². The zero-order valence-electron chi connectivity index (χ0n) is 16.1. The number of carbonyl (C=O) groups is 1. The highest BCUT2D eigenvalue weighted by molar-refractivity contribution is 5.98. The lowest BCUT2D eigenvalue weighted by molar-refractivity contribution is 0.0778. The van der Waals surface area contributed by atoms with Crippen molar-refractivity contribution in [3.63, 3.8) is 0 Å². The van der Waals surface area contributed by atoms with Gasteiger partial charge < -0.3 is 9.40 Å². The molecule has 1 aromatic heterocycles. The van der Waals surface area contributed by atoms with Gasteiger partial charge in [0.2, 0.25) is 5.78 Å². The van der Waals surface area contributed by atoms with Gasteiger partial charge in [0, 0.05) is 23.5 Å². The second-order valence-corrected chi connectivity index (χ2v) is 6.65. The molecule has 4 nitrogen and oxygen atoms in total.